The highest BCUT2D eigenvalue weighted by Crippen LogP contribution is 2.24. The van der Waals surface area contributed by atoms with E-state index in [2.05, 4.69) is 11.4 Å². The number of hydrogen-bond acceptors (Lipinski definition) is 2. The minimum atomic E-state index is 0.419. The van der Waals surface area contributed by atoms with E-state index in [9.17, 15) is 0 Å². The molecule has 0 bridgehead atoms. The molecule has 1 aliphatic rings. The first kappa shape index (κ1) is 6.38. The number of rotatable bonds is 0. The third kappa shape index (κ3) is 0.976. The first-order valence-electron chi connectivity index (χ1n) is 3.67. The number of hydrogen-bond donors (Lipinski definition) is 1. The fourth-order valence-corrected chi connectivity index (χ4v) is 2.40. The normalized spacial score (nSPS) is 24.3. The molecule has 0 saturated carbocycles. The number of nitrogens with two attached hydrogens (primary N) is 1. The van der Waals surface area contributed by atoms with Crippen LogP contribution in [0.15, 0.2) is 11.4 Å². The van der Waals surface area contributed by atoms with Crippen LogP contribution in [-0.2, 0) is 12.8 Å². The second-order valence-corrected chi connectivity index (χ2v) is 3.87. The monoisotopic (exact) mass is 153 g/mol. The average Bonchev–Trinajstić information content (AvgIpc) is 2.33. The van der Waals surface area contributed by atoms with Gasteiger partial charge >= 0.3 is 0 Å². The molecule has 0 spiro atoms. The smallest absolute Gasteiger partial charge is 0.00831 e. The maximum atomic E-state index is 5.81. The number of fused-ring (bicyclic) bond motifs is 1. The van der Waals surface area contributed by atoms with Gasteiger partial charge in [0.15, 0.2) is 0 Å². The lowest BCUT2D eigenvalue weighted by Gasteiger charge is -2.17. The van der Waals surface area contributed by atoms with Crippen molar-refractivity contribution in [2.75, 3.05) is 0 Å². The minimum Gasteiger partial charge on any atom is -0.327 e. The summed E-state index contributed by atoms with van der Waals surface area (Å²) in [5.74, 6) is 0. The van der Waals surface area contributed by atoms with Crippen molar-refractivity contribution in [3.63, 3.8) is 0 Å². The van der Waals surface area contributed by atoms with Crippen LogP contribution in [0.5, 0.6) is 0 Å². The van der Waals surface area contributed by atoms with E-state index in [1.165, 1.54) is 18.4 Å². The maximum Gasteiger partial charge on any atom is 0.00831 e. The predicted molar refractivity (Wildman–Crippen MR) is 44.3 cm³/mol. The largest absolute Gasteiger partial charge is 0.327 e. The predicted octanol–water partition coefficient (Wildman–Crippen LogP) is 1.56. The summed E-state index contributed by atoms with van der Waals surface area (Å²) in [5, 5.41) is 2.17. The van der Waals surface area contributed by atoms with Crippen molar-refractivity contribution in [3.8, 4) is 0 Å². The molecular weight excluding hydrogens is 142 g/mol. The molecule has 2 heteroatoms. The summed E-state index contributed by atoms with van der Waals surface area (Å²) in [7, 11) is 0. The highest BCUT2D eigenvalue weighted by molar-refractivity contribution is 7.10. The number of aryl methyl sites for hydroxylation is 1. The van der Waals surface area contributed by atoms with Gasteiger partial charge in [0.1, 0.15) is 0 Å². The lowest BCUT2D eigenvalue weighted by molar-refractivity contribution is 0.583. The molecule has 1 heterocycles. The first-order chi connectivity index (χ1) is 4.86. The summed E-state index contributed by atoms with van der Waals surface area (Å²) >= 11 is 1.87. The van der Waals surface area contributed by atoms with Crippen LogP contribution in [0.2, 0.25) is 0 Å². The van der Waals surface area contributed by atoms with Gasteiger partial charge in [-0.25, -0.2) is 0 Å². The molecule has 0 amide bonds. The Labute approximate surface area is 64.9 Å². The summed E-state index contributed by atoms with van der Waals surface area (Å²) in [6, 6.07) is 2.63. The van der Waals surface area contributed by atoms with E-state index in [4.69, 9.17) is 5.73 Å². The van der Waals surface area contributed by atoms with Crippen LogP contribution in [0.3, 0.4) is 0 Å². The van der Waals surface area contributed by atoms with Crippen LogP contribution < -0.4 is 5.73 Å². The SMILES string of the molecule is NC1CCc2sccc2C1. The summed E-state index contributed by atoms with van der Waals surface area (Å²) < 4.78 is 0. The average molecular weight is 153 g/mol. The van der Waals surface area contributed by atoms with Crippen LogP contribution in [0.4, 0.5) is 0 Å². The van der Waals surface area contributed by atoms with Crippen molar-refractivity contribution in [3.05, 3.63) is 21.9 Å². The molecular formula is C8H11NS. The van der Waals surface area contributed by atoms with Gasteiger partial charge in [0.25, 0.3) is 0 Å². The molecule has 1 aliphatic carbocycles. The van der Waals surface area contributed by atoms with E-state index in [0.29, 0.717) is 6.04 Å². The van der Waals surface area contributed by atoms with Crippen LogP contribution in [-0.4, -0.2) is 6.04 Å². The van der Waals surface area contributed by atoms with Crippen LogP contribution in [0.25, 0.3) is 0 Å². The summed E-state index contributed by atoms with van der Waals surface area (Å²) in [6.45, 7) is 0. The summed E-state index contributed by atoms with van der Waals surface area (Å²) in [4.78, 5) is 1.56. The van der Waals surface area contributed by atoms with Gasteiger partial charge < -0.3 is 5.73 Å². The Balaban J connectivity index is 2.30. The molecule has 1 aromatic rings. The van der Waals surface area contributed by atoms with Crippen LogP contribution >= 0.6 is 11.3 Å². The highest BCUT2D eigenvalue weighted by Gasteiger charge is 2.15. The minimum absolute atomic E-state index is 0.419. The molecule has 0 saturated heterocycles. The van der Waals surface area contributed by atoms with Gasteiger partial charge in [0.2, 0.25) is 0 Å². The third-order valence-corrected chi connectivity index (χ3v) is 3.08. The van der Waals surface area contributed by atoms with Crippen molar-refractivity contribution < 1.29 is 0 Å². The molecule has 0 radical (unpaired) electrons. The standard InChI is InChI=1S/C8H11NS/c9-7-1-2-8-6(5-7)3-4-10-8/h3-4,7H,1-2,5,9H2. The van der Waals surface area contributed by atoms with E-state index in [1.807, 2.05) is 11.3 Å². The molecule has 0 fully saturated rings. The van der Waals surface area contributed by atoms with Gasteiger partial charge in [0.05, 0.1) is 0 Å². The Kier molecular flexibility index (Phi) is 1.51. The zero-order chi connectivity index (χ0) is 6.97. The quantitative estimate of drug-likeness (QED) is 0.601. The van der Waals surface area contributed by atoms with Gasteiger partial charge in [-0.1, -0.05) is 0 Å². The molecule has 1 nitrogen and oxygen atoms in total. The van der Waals surface area contributed by atoms with Gasteiger partial charge in [0, 0.05) is 10.9 Å². The van der Waals surface area contributed by atoms with Gasteiger partial charge in [-0.15, -0.1) is 11.3 Å². The molecule has 1 unspecified atom stereocenters. The maximum absolute atomic E-state index is 5.81. The highest BCUT2D eigenvalue weighted by atomic mass is 32.1. The van der Waals surface area contributed by atoms with E-state index in [1.54, 1.807) is 4.88 Å². The number of thiophene rings is 1. The third-order valence-electron chi connectivity index (χ3n) is 2.06. The van der Waals surface area contributed by atoms with Crippen molar-refractivity contribution in [2.24, 2.45) is 5.73 Å². The molecule has 0 aliphatic heterocycles. The fourth-order valence-electron chi connectivity index (χ4n) is 1.47. The van der Waals surface area contributed by atoms with Crippen molar-refractivity contribution in [1.29, 1.82) is 0 Å². The second kappa shape index (κ2) is 2.36. The van der Waals surface area contributed by atoms with Gasteiger partial charge in [-0.2, -0.15) is 0 Å². The van der Waals surface area contributed by atoms with E-state index in [0.717, 1.165) is 6.42 Å². The Morgan fingerprint density at radius 3 is 3.40 bits per heavy atom. The lowest BCUT2D eigenvalue weighted by atomic mass is 9.95. The Morgan fingerprint density at radius 1 is 1.60 bits per heavy atom. The molecule has 10 heavy (non-hydrogen) atoms. The van der Waals surface area contributed by atoms with Crippen LogP contribution in [0.1, 0.15) is 16.9 Å². The molecule has 1 atom stereocenters. The molecule has 2 N–H and O–H groups in total. The first-order valence-corrected chi connectivity index (χ1v) is 4.55. The van der Waals surface area contributed by atoms with Crippen LogP contribution in [0, 0.1) is 0 Å². The molecule has 0 aromatic carbocycles. The topological polar surface area (TPSA) is 26.0 Å². The molecule has 1 aromatic heterocycles. The zero-order valence-corrected chi connectivity index (χ0v) is 6.66. The Morgan fingerprint density at radius 2 is 2.50 bits per heavy atom. The Hall–Kier alpha value is -0.340. The molecule has 2 rings (SSSR count). The van der Waals surface area contributed by atoms with Crippen molar-refractivity contribution in [2.45, 2.75) is 25.3 Å². The lowest BCUT2D eigenvalue weighted by Crippen LogP contribution is -2.26. The van der Waals surface area contributed by atoms with Gasteiger partial charge in [-0.3, -0.25) is 0 Å². The second-order valence-electron chi connectivity index (χ2n) is 2.87. The van der Waals surface area contributed by atoms with E-state index in [-0.39, 0.29) is 0 Å². The Bertz CT molecular complexity index is 229. The summed E-state index contributed by atoms with van der Waals surface area (Å²) in [6.07, 6.45) is 3.47. The van der Waals surface area contributed by atoms with E-state index < -0.39 is 0 Å². The van der Waals surface area contributed by atoms with Crippen molar-refractivity contribution >= 4 is 11.3 Å². The van der Waals surface area contributed by atoms with Crippen molar-refractivity contribution in [1.82, 2.24) is 0 Å². The van der Waals surface area contributed by atoms with E-state index >= 15 is 0 Å². The summed E-state index contributed by atoms with van der Waals surface area (Å²) in [5.41, 5.74) is 7.30. The zero-order valence-electron chi connectivity index (χ0n) is 5.84. The molecule has 54 valence electrons. The fraction of sp³-hybridized carbons (Fsp3) is 0.500. The van der Waals surface area contributed by atoms with Gasteiger partial charge in [-0.05, 0) is 36.3 Å².